The Morgan fingerprint density at radius 3 is 2.13 bits per heavy atom. The van der Waals surface area contributed by atoms with Crippen LogP contribution in [-0.4, -0.2) is 24.0 Å². The summed E-state index contributed by atoms with van der Waals surface area (Å²) in [6, 6.07) is 24.3. The maximum Gasteiger partial charge on any atom is 0.119 e. The molecule has 0 spiro atoms. The van der Waals surface area contributed by atoms with Gasteiger partial charge in [0.25, 0.3) is 0 Å². The Morgan fingerprint density at radius 2 is 1.52 bits per heavy atom. The van der Waals surface area contributed by atoms with Gasteiger partial charge in [-0.05, 0) is 51.3 Å². The maximum absolute atomic E-state index is 5.45. The zero-order chi connectivity index (χ0) is 21.8. The molecule has 5 heteroatoms. The van der Waals surface area contributed by atoms with Crippen molar-refractivity contribution in [3.8, 4) is 34.0 Å². The number of hydrogen-bond acceptors (Lipinski definition) is 3. The van der Waals surface area contributed by atoms with E-state index in [1.807, 2.05) is 53.2 Å². The first kappa shape index (κ1) is 20.9. The Morgan fingerprint density at radius 1 is 0.903 bits per heavy atom. The zero-order valence-electron chi connectivity index (χ0n) is 17.5. The van der Waals surface area contributed by atoms with E-state index in [2.05, 4.69) is 52.8 Å². The molecule has 0 amide bonds. The molecule has 0 unspecified atom stereocenters. The molecule has 0 N–H and O–H groups in total. The minimum atomic E-state index is 0.631. The molecule has 0 aliphatic carbocycles. The van der Waals surface area contributed by atoms with Crippen LogP contribution in [0, 0.1) is 0 Å². The lowest BCUT2D eigenvalue weighted by Crippen LogP contribution is -2.04. The van der Waals surface area contributed by atoms with Crippen LogP contribution in [0.25, 0.3) is 28.6 Å². The molecule has 0 atom stereocenters. The van der Waals surface area contributed by atoms with Crippen molar-refractivity contribution in [2.24, 2.45) is 0 Å². The molecule has 0 radical (unpaired) electrons. The number of ether oxygens (including phenoxy) is 2. The molecule has 3 aromatic carbocycles. The second kappa shape index (κ2) is 9.23. The summed E-state index contributed by atoms with van der Waals surface area (Å²) in [6.45, 7) is 4.46. The van der Waals surface area contributed by atoms with Crippen molar-refractivity contribution in [2.75, 3.05) is 14.2 Å². The van der Waals surface area contributed by atoms with E-state index in [-0.39, 0.29) is 0 Å². The van der Waals surface area contributed by atoms with Crippen molar-refractivity contribution >= 4 is 22.0 Å². The van der Waals surface area contributed by atoms with Crippen molar-refractivity contribution in [3.63, 3.8) is 0 Å². The summed E-state index contributed by atoms with van der Waals surface area (Å²) in [5, 5.41) is 4.98. The van der Waals surface area contributed by atoms with Crippen molar-refractivity contribution in [1.29, 1.82) is 0 Å². The molecule has 4 aromatic rings. The molecule has 0 bridgehead atoms. The molecule has 1 heterocycles. The summed E-state index contributed by atoms with van der Waals surface area (Å²) in [5.74, 6) is 1.59. The van der Waals surface area contributed by atoms with Crippen LogP contribution in [0.1, 0.15) is 11.1 Å². The molecular formula is C26H23BrN2O2. The largest absolute Gasteiger partial charge is 0.497 e. The molecule has 0 aliphatic heterocycles. The first-order valence-corrected chi connectivity index (χ1v) is 10.7. The fourth-order valence-corrected chi connectivity index (χ4v) is 4.23. The summed E-state index contributed by atoms with van der Waals surface area (Å²) >= 11 is 3.83. The first-order valence-electron chi connectivity index (χ1n) is 9.89. The van der Waals surface area contributed by atoms with E-state index in [1.54, 1.807) is 14.2 Å². The summed E-state index contributed by atoms with van der Waals surface area (Å²) in [7, 11) is 3.34. The molecule has 0 saturated heterocycles. The Hall–Kier alpha value is -3.31. The molecular weight excluding hydrogens is 452 g/mol. The third-order valence-electron chi connectivity index (χ3n) is 5.13. The van der Waals surface area contributed by atoms with Gasteiger partial charge in [-0.25, -0.2) is 0 Å². The van der Waals surface area contributed by atoms with Gasteiger partial charge in [-0.1, -0.05) is 61.2 Å². The van der Waals surface area contributed by atoms with Gasteiger partial charge in [0.1, 0.15) is 17.2 Å². The highest BCUT2D eigenvalue weighted by Gasteiger charge is 2.20. The number of benzene rings is 3. The standard InChI is InChI=1S/C26H23BrN2O2/c1-4-18-11-13-19(14-12-18)17-29-26(21-8-6-10-23(16-21)31-3)24(27)25(28-29)20-7-5-9-22(15-20)30-2/h4-16H,1,17H2,2-3H3. The highest BCUT2D eigenvalue weighted by molar-refractivity contribution is 9.10. The monoisotopic (exact) mass is 474 g/mol. The molecule has 1 aromatic heterocycles. The number of aromatic nitrogens is 2. The van der Waals surface area contributed by atoms with E-state index >= 15 is 0 Å². The van der Waals surface area contributed by atoms with E-state index in [1.165, 1.54) is 0 Å². The normalized spacial score (nSPS) is 10.7. The van der Waals surface area contributed by atoms with Gasteiger partial charge in [-0.2, -0.15) is 5.10 Å². The van der Waals surface area contributed by atoms with Gasteiger partial charge >= 0.3 is 0 Å². The SMILES string of the molecule is C=Cc1ccc(Cn2nc(-c3cccc(OC)c3)c(Br)c2-c2cccc(OC)c2)cc1. The number of rotatable bonds is 7. The maximum atomic E-state index is 5.45. The highest BCUT2D eigenvalue weighted by atomic mass is 79.9. The first-order chi connectivity index (χ1) is 15.1. The minimum absolute atomic E-state index is 0.631. The van der Waals surface area contributed by atoms with Crippen LogP contribution in [-0.2, 0) is 6.54 Å². The number of methoxy groups -OCH3 is 2. The summed E-state index contributed by atoms with van der Waals surface area (Å²) < 4.78 is 13.8. The minimum Gasteiger partial charge on any atom is -0.497 e. The summed E-state index contributed by atoms with van der Waals surface area (Å²) in [4.78, 5) is 0. The number of hydrogen-bond donors (Lipinski definition) is 0. The fourth-order valence-electron chi connectivity index (χ4n) is 3.49. The molecule has 4 rings (SSSR count). The quantitative estimate of drug-likeness (QED) is 0.299. The number of halogens is 1. The van der Waals surface area contributed by atoms with E-state index in [0.717, 1.165) is 49.6 Å². The van der Waals surface area contributed by atoms with Crippen LogP contribution in [0.3, 0.4) is 0 Å². The van der Waals surface area contributed by atoms with Crippen molar-refractivity contribution in [3.05, 3.63) is 95.0 Å². The van der Waals surface area contributed by atoms with Gasteiger partial charge in [-0.3, -0.25) is 4.68 Å². The second-order valence-electron chi connectivity index (χ2n) is 7.08. The molecule has 156 valence electrons. The lowest BCUT2D eigenvalue weighted by Gasteiger charge is -2.10. The van der Waals surface area contributed by atoms with E-state index < -0.39 is 0 Å². The molecule has 0 saturated carbocycles. The Bertz CT molecular complexity index is 1210. The topological polar surface area (TPSA) is 36.3 Å². The van der Waals surface area contributed by atoms with Gasteiger partial charge < -0.3 is 9.47 Å². The Balaban J connectivity index is 1.85. The van der Waals surface area contributed by atoms with Gasteiger partial charge in [0.2, 0.25) is 0 Å². The third kappa shape index (κ3) is 4.42. The summed E-state index contributed by atoms with van der Waals surface area (Å²) in [6.07, 6.45) is 1.84. The lowest BCUT2D eigenvalue weighted by molar-refractivity contribution is 0.415. The third-order valence-corrected chi connectivity index (χ3v) is 5.88. The predicted octanol–water partition coefficient (Wildman–Crippen LogP) is 6.69. The van der Waals surface area contributed by atoms with Crippen molar-refractivity contribution in [1.82, 2.24) is 9.78 Å². The van der Waals surface area contributed by atoms with Gasteiger partial charge in [0, 0.05) is 11.1 Å². The predicted molar refractivity (Wildman–Crippen MR) is 130 cm³/mol. The average Bonchev–Trinajstić information content (AvgIpc) is 3.15. The van der Waals surface area contributed by atoms with E-state index in [9.17, 15) is 0 Å². The van der Waals surface area contributed by atoms with Crippen LogP contribution < -0.4 is 9.47 Å². The smallest absolute Gasteiger partial charge is 0.119 e. The zero-order valence-corrected chi connectivity index (χ0v) is 19.1. The molecule has 4 nitrogen and oxygen atoms in total. The molecule has 0 aliphatic rings. The van der Waals surface area contributed by atoms with Gasteiger partial charge in [-0.15, -0.1) is 0 Å². The number of nitrogens with zero attached hydrogens (tertiary/aromatic N) is 2. The van der Waals surface area contributed by atoms with E-state index in [4.69, 9.17) is 14.6 Å². The second-order valence-corrected chi connectivity index (χ2v) is 7.87. The van der Waals surface area contributed by atoms with Crippen molar-refractivity contribution < 1.29 is 9.47 Å². The lowest BCUT2D eigenvalue weighted by atomic mass is 10.1. The van der Waals surface area contributed by atoms with Crippen LogP contribution in [0.5, 0.6) is 11.5 Å². The van der Waals surface area contributed by atoms with Crippen LogP contribution in [0.2, 0.25) is 0 Å². The molecule has 0 fully saturated rings. The van der Waals surface area contributed by atoms with E-state index in [0.29, 0.717) is 6.54 Å². The van der Waals surface area contributed by atoms with Crippen LogP contribution in [0.4, 0.5) is 0 Å². The van der Waals surface area contributed by atoms with Gasteiger partial charge in [0.05, 0.1) is 30.9 Å². The highest BCUT2D eigenvalue weighted by Crippen LogP contribution is 2.38. The molecule has 31 heavy (non-hydrogen) atoms. The summed E-state index contributed by atoms with van der Waals surface area (Å²) in [5.41, 5.74) is 6.10. The Labute approximate surface area is 190 Å². The van der Waals surface area contributed by atoms with Crippen molar-refractivity contribution in [2.45, 2.75) is 6.54 Å². The van der Waals surface area contributed by atoms with Crippen LogP contribution >= 0.6 is 15.9 Å². The Kier molecular flexibility index (Phi) is 6.23. The van der Waals surface area contributed by atoms with Crippen LogP contribution in [0.15, 0.2) is 83.8 Å². The fraction of sp³-hybridized carbons (Fsp3) is 0.115. The van der Waals surface area contributed by atoms with Gasteiger partial charge in [0.15, 0.2) is 0 Å². The average molecular weight is 475 g/mol.